The summed E-state index contributed by atoms with van der Waals surface area (Å²) < 4.78 is 1.85. The van der Waals surface area contributed by atoms with Crippen LogP contribution < -0.4 is 5.32 Å². The molecule has 2 aromatic rings. The van der Waals surface area contributed by atoms with Gasteiger partial charge < -0.3 is 5.32 Å². The Morgan fingerprint density at radius 3 is 2.85 bits per heavy atom. The molecule has 0 aromatic carbocycles. The number of nitrogens with zero attached hydrogens (tertiary/aromatic N) is 3. The van der Waals surface area contributed by atoms with Crippen molar-refractivity contribution in [1.82, 2.24) is 14.8 Å². The van der Waals surface area contributed by atoms with Crippen LogP contribution in [-0.4, -0.2) is 20.7 Å². The van der Waals surface area contributed by atoms with Crippen molar-refractivity contribution in [1.29, 1.82) is 0 Å². The van der Waals surface area contributed by atoms with Gasteiger partial charge in [-0.1, -0.05) is 18.2 Å². The van der Waals surface area contributed by atoms with E-state index in [4.69, 9.17) is 0 Å². The highest BCUT2D eigenvalue weighted by atomic mass is 16.1. The lowest BCUT2D eigenvalue weighted by Gasteiger charge is -2.06. The molecule has 104 valence electrons. The summed E-state index contributed by atoms with van der Waals surface area (Å²) in [6.45, 7) is 6.00. The lowest BCUT2D eigenvalue weighted by molar-refractivity contribution is -0.111. The normalized spacial score (nSPS) is 12.0. The highest BCUT2D eigenvalue weighted by Crippen LogP contribution is 2.18. The molecule has 0 fully saturated rings. The van der Waals surface area contributed by atoms with Gasteiger partial charge in [-0.3, -0.25) is 4.79 Å². The topological polar surface area (TPSA) is 59.8 Å². The van der Waals surface area contributed by atoms with Crippen LogP contribution in [0.5, 0.6) is 0 Å². The van der Waals surface area contributed by atoms with Crippen LogP contribution in [0.3, 0.4) is 0 Å². The number of carbonyl (C=O) groups is 1. The number of anilines is 1. The minimum absolute atomic E-state index is 0.180. The van der Waals surface area contributed by atoms with Crippen LogP contribution >= 0.6 is 0 Å². The van der Waals surface area contributed by atoms with Crippen LogP contribution in [0.2, 0.25) is 0 Å². The monoisotopic (exact) mass is 270 g/mol. The van der Waals surface area contributed by atoms with Gasteiger partial charge in [0.1, 0.15) is 0 Å². The summed E-state index contributed by atoms with van der Waals surface area (Å²) >= 11 is 0. The summed E-state index contributed by atoms with van der Waals surface area (Å²) in [6, 6.07) is 2.12. The standard InChI is InChI=1S/C15H18N4O/c1-4-5-6-7-14(20)18-13-8-12-9-17-19(11(2)3)15(12)16-10-13/h4-11H,1-3H3,(H,18,20). The lowest BCUT2D eigenvalue weighted by Crippen LogP contribution is -2.08. The number of amides is 1. The first-order valence-electron chi connectivity index (χ1n) is 6.55. The zero-order chi connectivity index (χ0) is 14.5. The largest absolute Gasteiger partial charge is 0.321 e. The Bertz CT molecular complexity index is 668. The number of pyridine rings is 1. The van der Waals surface area contributed by atoms with Crippen molar-refractivity contribution < 1.29 is 4.79 Å². The Morgan fingerprint density at radius 2 is 2.15 bits per heavy atom. The summed E-state index contributed by atoms with van der Waals surface area (Å²) in [7, 11) is 0. The third kappa shape index (κ3) is 3.12. The molecule has 2 rings (SSSR count). The maximum Gasteiger partial charge on any atom is 0.248 e. The van der Waals surface area contributed by atoms with Crippen molar-refractivity contribution >= 4 is 22.6 Å². The summed E-state index contributed by atoms with van der Waals surface area (Å²) in [6.07, 6.45) is 10.2. The van der Waals surface area contributed by atoms with E-state index in [1.54, 1.807) is 24.5 Å². The Labute approximate surface area is 118 Å². The van der Waals surface area contributed by atoms with E-state index in [1.807, 2.05) is 23.7 Å². The summed E-state index contributed by atoms with van der Waals surface area (Å²) in [5.41, 5.74) is 1.48. The number of allylic oxidation sites excluding steroid dienone is 3. The highest BCUT2D eigenvalue weighted by Gasteiger charge is 2.08. The van der Waals surface area contributed by atoms with Crippen LogP contribution in [0.15, 0.2) is 42.8 Å². The number of hydrogen-bond acceptors (Lipinski definition) is 3. The second-order valence-corrected chi connectivity index (χ2v) is 4.69. The van der Waals surface area contributed by atoms with E-state index in [9.17, 15) is 4.79 Å². The van der Waals surface area contributed by atoms with Crippen molar-refractivity contribution in [3.05, 3.63) is 42.8 Å². The molecule has 0 unspecified atom stereocenters. The van der Waals surface area contributed by atoms with E-state index in [1.165, 1.54) is 6.08 Å². The average molecular weight is 270 g/mol. The van der Waals surface area contributed by atoms with E-state index in [0.29, 0.717) is 5.69 Å². The molecule has 0 aliphatic heterocycles. The van der Waals surface area contributed by atoms with Gasteiger partial charge in [0.2, 0.25) is 5.91 Å². The van der Waals surface area contributed by atoms with Crippen molar-refractivity contribution in [2.24, 2.45) is 0 Å². The third-order valence-corrected chi connectivity index (χ3v) is 2.74. The van der Waals surface area contributed by atoms with Gasteiger partial charge in [-0.05, 0) is 26.8 Å². The number of rotatable bonds is 4. The first-order valence-corrected chi connectivity index (χ1v) is 6.55. The van der Waals surface area contributed by atoms with E-state index in [0.717, 1.165) is 11.0 Å². The van der Waals surface area contributed by atoms with Crippen LogP contribution in [0.4, 0.5) is 5.69 Å². The van der Waals surface area contributed by atoms with Gasteiger partial charge in [0.15, 0.2) is 5.65 Å². The fraction of sp³-hybridized carbons (Fsp3) is 0.267. The van der Waals surface area contributed by atoms with Gasteiger partial charge >= 0.3 is 0 Å². The van der Waals surface area contributed by atoms with E-state index >= 15 is 0 Å². The van der Waals surface area contributed by atoms with Crippen LogP contribution in [0.1, 0.15) is 26.8 Å². The summed E-state index contributed by atoms with van der Waals surface area (Å²) in [4.78, 5) is 16.0. The summed E-state index contributed by atoms with van der Waals surface area (Å²) in [5, 5.41) is 7.98. The molecule has 5 nitrogen and oxygen atoms in total. The third-order valence-electron chi connectivity index (χ3n) is 2.74. The van der Waals surface area contributed by atoms with Crippen molar-refractivity contribution in [2.45, 2.75) is 26.8 Å². The molecule has 1 N–H and O–H groups in total. The molecule has 5 heteroatoms. The van der Waals surface area contributed by atoms with Crippen LogP contribution in [0, 0.1) is 0 Å². The van der Waals surface area contributed by atoms with Gasteiger partial charge in [-0.2, -0.15) is 5.10 Å². The second-order valence-electron chi connectivity index (χ2n) is 4.69. The zero-order valence-corrected chi connectivity index (χ0v) is 11.9. The SMILES string of the molecule is CC=CC=CC(=O)Nc1cnc2c(cnn2C(C)C)c1. The maximum atomic E-state index is 11.7. The fourth-order valence-electron chi connectivity index (χ4n) is 1.82. The molecule has 0 spiro atoms. The molecule has 2 heterocycles. The molecule has 0 saturated heterocycles. The molecule has 0 saturated carbocycles. The Balaban J connectivity index is 2.18. The number of aromatic nitrogens is 3. The lowest BCUT2D eigenvalue weighted by atomic mass is 10.3. The smallest absolute Gasteiger partial charge is 0.248 e. The van der Waals surface area contributed by atoms with Gasteiger partial charge in [-0.15, -0.1) is 0 Å². The van der Waals surface area contributed by atoms with E-state index < -0.39 is 0 Å². The van der Waals surface area contributed by atoms with Gasteiger partial charge in [0.25, 0.3) is 0 Å². The van der Waals surface area contributed by atoms with Crippen LogP contribution in [0.25, 0.3) is 11.0 Å². The van der Waals surface area contributed by atoms with E-state index in [2.05, 4.69) is 29.2 Å². The predicted molar refractivity (Wildman–Crippen MR) is 80.5 cm³/mol. The second kappa shape index (κ2) is 6.14. The minimum Gasteiger partial charge on any atom is -0.321 e. The van der Waals surface area contributed by atoms with Crippen molar-refractivity contribution in [2.75, 3.05) is 5.32 Å². The molecule has 0 atom stereocenters. The van der Waals surface area contributed by atoms with Crippen molar-refractivity contribution in [3.63, 3.8) is 0 Å². The molecular formula is C15H18N4O. The Morgan fingerprint density at radius 1 is 1.35 bits per heavy atom. The molecular weight excluding hydrogens is 252 g/mol. The molecule has 1 amide bonds. The molecule has 0 aliphatic carbocycles. The van der Waals surface area contributed by atoms with Crippen molar-refractivity contribution in [3.8, 4) is 0 Å². The quantitative estimate of drug-likeness (QED) is 0.686. The highest BCUT2D eigenvalue weighted by molar-refractivity contribution is 6.00. The van der Waals surface area contributed by atoms with Crippen LogP contribution in [-0.2, 0) is 4.79 Å². The van der Waals surface area contributed by atoms with Gasteiger partial charge in [0.05, 0.1) is 18.1 Å². The van der Waals surface area contributed by atoms with Gasteiger partial charge in [0, 0.05) is 17.5 Å². The number of hydrogen-bond donors (Lipinski definition) is 1. The predicted octanol–water partition coefficient (Wildman–Crippen LogP) is 3.08. The minimum atomic E-state index is -0.180. The molecule has 0 radical (unpaired) electrons. The van der Waals surface area contributed by atoms with Gasteiger partial charge in [-0.25, -0.2) is 9.67 Å². The molecule has 20 heavy (non-hydrogen) atoms. The Kier molecular flexibility index (Phi) is 4.30. The summed E-state index contributed by atoms with van der Waals surface area (Å²) in [5.74, 6) is -0.180. The zero-order valence-electron chi connectivity index (χ0n) is 11.9. The Hall–Kier alpha value is -2.43. The average Bonchev–Trinajstić information content (AvgIpc) is 2.82. The molecule has 2 aromatic heterocycles. The molecule has 0 bridgehead atoms. The fourth-order valence-corrected chi connectivity index (χ4v) is 1.82. The number of nitrogens with one attached hydrogen (secondary N) is 1. The van der Waals surface area contributed by atoms with E-state index in [-0.39, 0.29) is 11.9 Å². The first kappa shape index (κ1) is 14.0. The maximum absolute atomic E-state index is 11.7. The number of carbonyl (C=O) groups excluding carboxylic acids is 1. The molecule has 0 aliphatic rings. The number of fused-ring (bicyclic) bond motifs is 1. The first-order chi connectivity index (χ1) is 9.61.